The first-order valence-electron chi connectivity index (χ1n) is 6.83. The van der Waals surface area contributed by atoms with Crippen molar-refractivity contribution in [3.63, 3.8) is 0 Å². The van der Waals surface area contributed by atoms with Crippen LogP contribution in [0.25, 0.3) is 0 Å². The van der Waals surface area contributed by atoms with Crippen molar-refractivity contribution in [2.24, 2.45) is 0 Å². The van der Waals surface area contributed by atoms with E-state index < -0.39 is 0 Å². The van der Waals surface area contributed by atoms with Gasteiger partial charge in [-0.3, -0.25) is 4.79 Å². The predicted octanol–water partition coefficient (Wildman–Crippen LogP) is 3.42. The molecule has 2 aromatic rings. The van der Waals surface area contributed by atoms with Crippen LogP contribution in [-0.2, 0) is 4.79 Å². The molecule has 0 aromatic heterocycles. The van der Waals surface area contributed by atoms with Crippen LogP contribution in [0.15, 0.2) is 42.5 Å². The molecule has 0 fully saturated rings. The number of ether oxygens (including phenoxy) is 1. The van der Waals surface area contributed by atoms with Gasteiger partial charge in [-0.2, -0.15) is 0 Å². The summed E-state index contributed by atoms with van der Waals surface area (Å²) in [4.78, 5) is 11.9. The number of aryl methyl sites for hydroxylation is 2. The molecule has 4 heteroatoms. The van der Waals surface area contributed by atoms with Gasteiger partial charge in [-0.15, -0.1) is 0 Å². The number of phenols is 1. The lowest BCUT2D eigenvalue weighted by atomic mass is 10.2. The van der Waals surface area contributed by atoms with Crippen LogP contribution in [0.3, 0.4) is 0 Å². The third kappa shape index (κ3) is 4.53. The summed E-state index contributed by atoms with van der Waals surface area (Å²) in [6.07, 6.45) is 0.272. The average Bonchev–Trinajstić information content (AvgIpc) is 2.42. The van der Waals surface area contributed by atoms with Crippen molar-refractivity contribution in [3.8, 4) is 11.5 Å². The number of hydrogen-bond acceptors (Lipinski definition) is 3. The summed E-state index contributed by atoms with van der Waals surface area (Å²) in [5, 5.41) is 12.1. The topological polar surface area (TPSA) is 58.6 Å². The molecule has 2 N–H and O–H groups in total. The van der Waals surface area contributed by atoms with Gasteiger partial charge in [0.2, 0.25) is 5.91 Å². The molecule has 0 aliphatic heterocycles. The second-order valence-electron chi connectivity index (χ2n) is 4.96. The molecule has 1 amide bonds. The monoisotopic (exact) mass is 285 g/mol. The number of nitrogens with one attached hydrogen (secondary N) is 1. The van der Waals surface area contributed by atoms with Crippen molar-refractivity contribution in [3.05, 3.63) is 53.6 Å². The van der Waals surface area contributed by atoms with Gasteiger partial charge in [0.15, 0.2) is 0 Å². The highest BCUT2D eigenvalue weighted by Gasteiger charge is 2.06. The lowest BCUT2D eigenvalue weighted by Gasteiger charge is -2.10. The molecule has 0 radical (unpaired) electrons. The van der Waals surface area contributed by atoms with E-state index in [1.807, 2.05) is 38.1 Å². The maximum atomic E-state index is 11.9. The Kier molecular flexibility index (Phi) is 4.82. The Morgan fingerprint density at radius 3 is 2.71 bits per heavy atom. The molecule has 2 rings (SSSR count). The van der Waals surface area contributed by atoms with Gasteiger partial charge in [-0.05, 0) is 55.3 Å². The van der Waals surface area contributed by atoms with Crippen LogP contribution >= 0.6 is 0 Å². The number of anilines is 1. The Hall–Kier alpha value is -2.49. The summed E-state index contributed by atoms with van der Waals surface area (Å²) < 4.78 is 5.54. The summed E-state index contributed by atoms with van der Waals surface area (Å²) in [6.45, 7) is 4.15. The van der Waals surface area contributed by atoms with E-state index in [1.165, 1.54) is 0 Å². The van der Waals surface area contributed by atoms with Gasteiger partial charge in [0.1, 0.15) is 11.5 Å². The average molecular weight is 285 g/mol. The van der Waals surface area contributed by atoms with E-state index in [9.17, 15) is 9.90 Å². The van der Waals surface area contributed by atoms with E-state index in [4.69, 9.17) is 4.74 Å². The molecule has 110 valence electrons. The lowest BCUT2D eigenvalue weighted by Crippen LogP contribution is -2.15. The lowest BCUT2D eigenvalue weighted by molar-refractivity contribution is -0.116. The van der Waals surface area contributed by atoms with Crippen LogP contribution in [0.4, 0.5) is 5.69 Å². The van der Waals surface area contributed by atoms with E-state index in [0.29, 0.717) is 12.3 Å². The number of hydrogen-bond donors (Lipinski definition) is 2. The fourth-order valence-electron chi connectivity index (χ4n) is 1.97. The van der Waals surface area contributed by atoms with Crippen molar-refractivity contribution in [1.29, 1.82) is 0 Å². The maximum absolute atomic E-state index is 11.9. The molecular formula is C17H19NO3. The van der Waals surface area contributed by atoms with E-state index in [0.717, 1.165) is 16.9 Å². The highest BCUT2D eigenvalue weighted by Crippen LogP contribution is 2.20. The van der Waals surface area contributed by atoms with Gasteiger partial charge >= 0.3 is 0 Å². The number of phenolic OH excluding ortho intramolecular Hbond substituents is 1. The Bertz CT molecular complexity index is 638. The standard InChI is InChI=1S/C17H19NO3/c1-12-4-3-5-15(10-12)21-9-8-17(20)18-16-7-6-14(19)11-13(16)2/h3-7,10-11,19H,8-9H2,1-2H3,(H,18,20). The second-order valence-corrected chi connectivity index (χ2v) is 4.96. The van der Waals surface area contributed by atoms with Crippen LogP contribution in [0, 0.1) is 13.8 Å². The second kappa shape index (κ2) is 6.79. The van der Waals surface area contributed by atoms with E-state index in [2.05, 4.69) is 5.32 Å². The number of amides is 1. The van der Waals surface area contributed by atoms with Crippen LogP contribution in [0.5, 0.6) is 11.5 Å². The Labute approximate surface area is 124 Å². The molecule has 0 unspecified atom stereocenters. The molecule has 0 aliphatic rings. The number of benzene rings is 2. The summed E-state index contributed by atoms with van der Waals surface area (Å²) in [7, 11) is 0. The minimum atomic E-state index is -0.114. The zero-order chi connectivity index (χ0) is 15.2. The van der Waals surface area contributed by atoms with Crippen LogP contribution in [0.2, 0.25) is 0 Å². The maximum Gasteiger partial charge on any atom is 0.227 e. The fourth-order valence-corrected chi connectivity index (χ4v) is 1.97. The third-order valence-electron chi connectivity index (χ3n) is 3.07. The van der Waals surface area contributed by atoms with Gasteiger partial charge in [-0.1, -0.05) is 12.1 Å². The minimum absolute atomic E-state index is 0.114. The first-order chi connectivity index (χ1) is 10.0. The summed E-state index contributed by atoms with van der Waals surface area (Å²) in [6, 6.07) is 12.6. The molecule has 0 heterocycles. The normalized spacial score (nSPS) is 10.2. The van der Waals surface area contributed by atoms with Gasteiger partial charge in [-0.25, -0.2) is 0 Å². The van der Waals surface area contributed by atoms with Crippen molar-refractivity contribution >= 4 is 11.6 Å². The highest BCUT2D eigenvalue weighted by atomic mass is 16.5. The molecule has 0 bridgehead atoms. The Morgan fingerprint density at radius 2 is 2.00 bits per heavy atom. The fraction of sp³-hybridized carbons (Fsp3) is 0.235. The molecule has 21 heavy (non-hydrogen) atoms. The summed E-state index contributed by atoms with van der Waals surface area (Å²) in [5.74, 6) is 0.841. The summed E-state index contributed by atoms with van der Waals surface area (Å²) in [5.41, 5.74) is 2.65. The number of rotatable bonds is 5. The molecule has 0 saturated heterocycles. The Balaban J connectivity index is 1.82. The van der Waals surface area contributed by atoms with E-state index in [1.54, 1.807) is 18.2 Å². The number of carbonyl (C=O) groups excluding carboxylic acids is 1. The molecule has 0 saturated carbocycles. The SMILES string of the molecule is Cc1cccc(OCCC(=O)Nc2ccc(O)cc2C)c1. The van der Waals surface area contributed by atoms with Gasteiger partial charge < -0.3 is 15.2 Å². The summed E-state index contributed by atoms with van der Waals surface area (Å²) >= 11 is 0. The Morgan fingerprint density at radius 1 is 1.19 bits per heavy atom. The first-order valence-corrected chi connectivity index (χ1v) is 6.83. The predicted molar refractivity (Wildman–Crippen MR) is 82.8 cm³/mol. The largest absolute Gasteiger partial charge is 0.508 e. The number of carbonyl (C=O) groups is 1. The van der Waals surface area contributed by atoms with Crippen molar-refractivity contribution in [1.82, 2.24) is 0 Å². The molecule has 2 aromatic carbocycles. The molecule has 0 atom stereocenters. The van der Waals surface area contributed by atoms with Crippen molar-refractivity contribution in [2.75, 3.05) is 11.9 Å². The molecular weight excluding hydrogens is 266 g/mol. The van der Waals surface area contributed by atoms with Crippen molar-refractivity contribution < 1.29 is 14.6 Å². The quantitative estimate of drug-likeness (QED) is 0.828. The van der Waals surface area contributed by atoms with Gasteiger partial charge in [0, 0.05) is 5.69 Å². The van der Waals surface area contributed by atoms with Crippen molar-refractivity contribution in [2.45, 2.75) is 20.3 Å². The third-order valence-corrected chi connectivity index (χ3v) is 3.07. The smallest absolute Gasteiger partial charge is 0.227 e. The van der Waals surface area contributed by atoms with E-state index >= 15 is 0 Å². The highest BCUT2D eigenvalue weighted by molar-refractivity contribution is 5.91. The zero-order valence-electron chi connectivity index (χ0n) is 12.2. The molecule has 0 spiro atoms. The molecule has 4 nitrogen and oxygen atoms in total. The van der Waals surface area contributed by atoms with E-state index in [-0.39, 0.29) is 18.1 Å². The van der Waals surface area contributed by atoms with Gasteiger partial charge in [0.25, 0.3) is 0 Å². The van der Waals surface area contributed by atoms with Crippen LogP contribution < -0.4 is 10.1 Å². The zero-order valence-corrected chi connectivity index (χ0v) is 12.2. The molecule has 0 aliphatic carbocycles. The van der Waals surface area contributed by atoms with Gasteiger partial charge in [0.05, 0.1) is 13.0 Å². The number of aromatic hydroxyl groups is 1. The van der Waals surface area contributed by atoms with Crippen LogP contribution in [-0.4, -0.2) is 17.6 Å². The van der Waals surface area contributed by atoms with Crippen LogP contribution in [0.1, 0.15) is 17.5 Å². The first kappa shape index (κ1) is 14.9. The minimum Gasteiger partial charge on any atom is -0.508 e.